The molecule has 0 aliphatic rings. The molecule has 2 rings (SSSR count). The van der Waals surface area contributed by atoms with Gasteiger partial charge in [-0.2, -0.15) is 0 Å². The highest BCUT2D eigenvalue weighted by Gasteiger charge is 2.03. The van der Waals surface area contributed by atoms with Crippen molar-refractivity contribution in [2.24, 2.45) is 0 Å². The van der Waals surface area contributed by atoms with Crippen LogP contribution < -0.4 is 10.1 Å². The zero-order valence-corrected chi connectivity index (χ0v) is 14.1. The second kappa shape index (κ2) is 8.39. The number of hydrogen-bond donors (Lipinski definition) is 1. The summed E-state index contributed by atoms with van der Waals surface area (Å²) in [4.78, 5) is 12.0. The van der Waals surface area contributed by atoms with Crippen molar-refractivity contribution in [3.8, 4) is 5.75 Å². The zero-order chi connectivity index (χ0) is 16.7. The Morgan fingerprint density at radius 3 is 2.78 bits per heavy atom. The van der Waals surface area contributed by atoms with Crippen molar-refractivity contribution in [2.75, 3.05) is 11.9 Å². The lowest BCUT2D eigenvalue weighted by Gasteiger charge is -2.08. The van der Waals surface area contributed by atoms with E-state index in [9.17, 15) is 4.79 Å². The highest BCUT2D eigenvalue weighted by molar-refractivity contribution is 6.31. The number of rotatable bonds is 6. The molecule has 120 valence electrons. The quantitative estimate of drug-likeness (QED) is 0.750. The molecule has 0 heterocycles. The van der Waals surface area contributed by atoms with E-state index < -0.39 is 0 Å². The van der Waals surface area contributed by atoms with Gasteiger partial charge in [-0.25, -0.2) is 0 Å². The maximum absolute atomic E-state index is 12.0. The van der Waals surface area contributed by atoms with Crippen LogP contribution in [0.1, 0.15) is 24.5 Å². The molecule has 0 aliphatic carbocycles. The van der Waals surface area contributed by atoms with Gasteiger partial charge in [0.2, 0.25) is 5.91 Å². The molecule has 2 aromatic carbocycles. The molecule has 0 spiro atoms. The number of ether oxygens (including phenoxy) is 1. The Hall–Kier alpha value is -2.26. The molecule has 0 radical (unpaired) electrons. The van der Waals surface area contributed by atoms with Gasteiger partial charge in [0.05, 0.1) is 6.61 Å². The third kappa shape index (κ3) is 5.15. The first-order valence-electron chi connectivity index (χ1n) is 7.57. The van der Waals surface area contributed by atoms with Gasteiger partial charge in [0.1, 0.15) is 5.75 Å². The normalized spacial score (nSPS) is 10.7. The minimum atomic E-state index is -0.213. The van der Waals surface area contributed by atoms with Gasteiger partial charge in [-0.05, 0) is 43.2 Å². The fraction of sp³-hybridized carbons (Fsp3) is 0.211. The predicted molar refractivity (Wildman–Crippen MR) is 96.1 cm³/mol. The van der Waals surface area contributed by atoms with Crippen LogP contribution in [0.25, 0.3) is 6.08 Å². The largest absolute Gasteiger partial charge is 0.493 e. The number of amides is 1. The Kier molecular flexibility index (Phi) is 6.24. The van der Waals surface area contributed by atoms with Crippen LogP contribution in [0.15, 0.2) is 48.5 Å². The van der Waals surface area contributed by atoms with Crippen molar-refractivity contribution in [2.45, 2.75) is 20.3 Å². The van der Waals surface area contributed by atoms with Crippen LogP contribution in [-0.4, -0.2) is 12.5 Å². The number of anilines is 1. The number of carbonyl (C=O) groups excluding carboxylic acids is 1. The molecule has 0 saturated carbocycles. The van der Waals surface area contributed by atoms with Gasteiger partial charge in [0, 0.05) is 22.3 Å². The summed E-state index contributed by atoms with van der Waals surface area (Å²) in [6, 6.07) is 13.1. The fourth-order valence-electron chi connectivity index (χ4n) is 1.98. The van der Waals surface area contributed by atoms with Crippen LogP contribution in [0.2, 0.25) is 5.02 Å². The SMILES string of the molecule is CCCOc1ccccc1/C=C/C(=O)Nc1ccc(C)c(Cl)c1. The molecule has 23 heavy (non-hydrogen) atoms. The molecule has 0 fully saturated rings. The van der Waals surface area contributed by atoms with E-state index in [0.717, 1.165) is 23.3 Å². The van der Waals surface area contributed by atoms with Gasteiger partial charge in [0.15, 0.2) is 0 Å². The van der Waals surface area contributed by atoms with Gasteiger partial charge in [-0.15, -0.1) is 0 Å². The van der Waals surface area contributed by atoms with E-state index >= 15 is 0 Å². The maximum atomic E-state index is 12.0. The number of para-hydroxylation sites is 1. The van der Waals surface area contributed by atoms with Gasteiger partial charge in [-0.3, -0.25) is 4.79 Å². The third-order valence-electron chi connectivity index (χ3n) is 3.23. The first kappa shape index (κ1) is 17.1. The van der Waals surface area contributed by atoms with Gasteiger partial charge in [-0.1, -0.05) is 42.8 Å². The monoisotopic (exact) mass is 329 g/mol. The summed E-state index contributed by atoms with van der Waals surface area (Å²) in [5, 5.41) is 3.42. The lowest BCUT2D eigenvalue weighted by Crippen LogP contribution is -2.07. The van der Waals surface area contributed by atoms with Crippen molar-refractivity contribution in [1.29, 1.82) is 0 Å². The van der Waals surface area contributed by atoms with Gasteiger partial charge < -0.3 is 10.1 Å². The summed E-state index contributed by atoms with van der Waals surface area (Å²) in [5.41, 5.74) is 2.52. The van der Waals surface area contributed by atoms with E-state index in [1.807, 2.05) is 43.3 Å². The summed E-state index contributed by atoms with van der Waals surface area (Å²) in [7, 11) is 0. The lowest BCUT2D eigenvalue weighted by molar-refractivity contribution is -0.111. The number of aryl methyl sites for hydroxylation is 1. The number of hydrogen-bond acceptors (Lipinski definition) is 2. The van der Waals surface area contributed by atoms with Crippen molar-refractivity contribution in [1.82, 2.24) is 0 Å². The van der Waals surface area contributed by atoms with E-state index in [-0.39, 0.29) is 5.91 Å². The highest BCUT2D eigenvalue weighted by atomic mass is 35.5. The fourth-order valence-corrected chi connectivity index (χ4v) is 2.16. The summed E-state index contributed by atoms with van der Waals surface area (Å²) in [5.74, 6) is 0.562. The van der Waals surface area contributed by atoms with E-state index in [2.05, 4.69) is 12.2 Å². The highest BCUT2D eigenvalue weighted by Crippen LogP contribution is 2.21. The van der Waals surface area contributed by atoms with Crippen LogP contribution in [0.4, 0.5) is 5.69 Å². The number of halogens is 1. The van der Waals surface area contributed by atoms with Crippen LogP contribution in [0.5, 0.6) is 5.75 Å². The molecule has 4 heteroatoms. The molecule has 1 amide bonds. The summed E-state index contributed by atoms with van der Waals surface area (Å²) in [6.45, 7) is 4.62. The summed E-state index contributed by atoms with van der Waals surface area (Å²) in [6.07, 6.45) is 4.17. The smallest absolute Gasteiger partial charge is 0.248 e. The van der Waals surface area contributed by atoms with Crippen LogP contribution in [0, 0.1) is 6.92 Å². The topological polar surface area (TPSA) is 38.3 Å². The van der Waals surface area contributed by atoms with Crippen molar-refractivity contribution in [3.05, 3.63) is 64.7 Å². The Morgan fingerprint density at radius 1 is 1.26 bits per heavy atom. The van der Waals surface area contributed by atoms with Crippen LogP contribution in [-0.2, 0) is 4.79 Å². The van der Waals surface area contributed by atoms with Crippen LogP contribution >= 0.6 is 11.6 Å². The molecule has 0 aromatic heterocycles. The first-order valence-corrected chi connectivity index (χ1v) is 7.95. The molecule has 0 aliphatic heterocycles. The van der Waals surface area contributed by atoms with Gasteiger partial charge >= 0.3 is 0 Å². The molecule has 0 unspecified atom stereocenters. The van der Waals surface area contributed by atoms with E-state index in [1.165, 1.54) is 6.08 Å². The minimum absolute atomic E-state index is 0.213. The molecule has 0 bridgehead atoms. The zero-order valence-electron chi connectivity index (χ0n) is 13.3. The van der Waals surface area contributed by atoms with E-state index in [1.54, 1.807) is 12.1 Å². The Labute approximate surface area is 141 Å². The van der Waals surface area contributed by atoms with Gasteiger partial charge in [0.25, 0.3) is 0 Å². The van der Waals surface area contributed by atoms with Crippen molar-refractivity contribution >= 4 is 29.3 Å². The standard InChI is InChI=1S/C19H20ClNO2/c1-3-12-23-18-7-5-4-6-15(18)9-11-19(22)21-16-10-8-14(2)17(20)13-16/h4-11,13H,3,12H2,1-2H3,(H,21,22)/b11-9+. The molecule has 0 saturated heterocycles. The Bertz CT molecular complexity index is 710. The Morgan fingerprint density at radius 2 is 2.04 bits per heavy atom. The van der Waals surface area contributed by atoms with Crippen molar-refractivity contribution in [3.63, 3.8) is 0 Å². The molecule has 0 atom stereocenters. The molecule has 2 aromatic rings. The number of benzene rings is 2. The van der Waals surface area contributed by atoms with E-state index in [0.29, 0.717) is 17.3 Å². The van der Waals surface area contributed by atoms with Crippen molar-refractivity contribution < 1.29 is 9.53 Å². The molecule has 3 nitrogen and oxygen atoms in total. The molecular weight excluding hydrogens is 310 g/mol. The maximum Gasteiger partial charge on any atom is 0.248 e. The average molecular weight is 330 g/mol. The Balaban J connectivity index is 2.04. The lowest BCUT2D eigenvalue weighted by atomic mass is 10.2. The number of carbonyl (C=O) groups is 1. The predicted octanol–water partition coefficient (Wildman–Crippen LogP) is 5.09. The average Bonchev–Trinajstić information content (AvgIpc) is 2.55. The second-order valence-corrected chi connectivity index (χ2v) is 5.58. The third-order valence-corrected chi connectivity index (χ3v) is 3.64. The van der Waals surface area contributed by atoms with Crippen LogP contribution in [0.3, 0.4) is 0 Å². The second-order valence-electron chi connectivity index (χ2n) is 5.17. The number of nitrogens with one attached hydrogen (secondary N) is 1. The summed E-state index contributed by atoms with van der Waals surface area (Å²) < 4.78 is 5.67. The molecular formula is C19H20ClNO2. The minimum Gasteiger partial charge on any atom is -0.493 e. The van der Waals surface area contributed by atoms with E-state index in [4.69, 9.17) is 16.3 Å². The molecule has 1 N–H and O–H groups in total. The summed E-state index contributed by atoms with van der Waals surface area (Å²) >= 11 is 6.05. The first-order chi connectivity index (χ1) is 11.1.